The number of thiazole rings is 1. The minimum absolute atomic E-state index is 0. The van der Waals surface area contributed by atoms with Gasteiger partial charge in [-0.2, -0.15) is 0 Å². The average Bonchev–Trinajstić information content (AvgIpc) is 3.41. The molecule has 0 unspecified atom stereocenters. The third kappa shape index (κ3) is 7.62. The molecule has 4 aromatic rings. The molecule has 0 spiro atoms. The Labute approximate surface area is 256 Å². The molecule has 0 saturated carbocycles. The SMILES string of the molecule is CCOc1ccc2nc(N3CCN(CCNC(=O)c4cccc(NS(=O)(=O)c5ccc(OC)cc5)c4)CC3)sc2c1.Cl. The number of rotatable bonds is 11. The third-order valence-corrected chi connectivity index (χ3v) is 9.24. The van der Waals surface area contributed by atoms with Gasteiger partial charge in [-0.05, 0) is 67.6 Å². The first-order valence-electron chi connectivity index (χ1n) is 13.4. The molecule has 2 heterocycles. The van der Waals surface area contributed by atoms with Crippen LogP contribution >= 0.6 is 23.7 Å². The standard InChI is InChI=1S/C29H33N5O5S2.ClH/c1-3-39-24-9-12-26-27(20-24)40-29(31-26)34-17-15-33(16-18-34)14-13-30-28(35)21-5-4-6-22(19-21)32-41(36,37)25-10-7-23(38-2)8-11-25;/h4-12,19-20,32H,3,13-18H2,1-2H3,(H,30,35);1H. The van der Waals surface area contributed by atoms with Gasteiger partial charge in [-0.1, -0.05) is 17.4 Å². The van der Waals surface area contributed by atoms with Gasteiger partial charge >= 0.3 is 0 Å². The van der Waals surface area contributed by atoms with Gasteiger partial charge in [-0.15, -0.1) is 12.4 Å². The molecule has 13 heteroatoms. The fourth-order valence-electron chi connectivity index (χ4n) is 4.57. The van der Waals surface area contributed by atoms with Crippen molar-refractivity contribution in [2.45, 2.75) is 11.8 Å². The summed E-state index contributed by atoms with van der Waals surface area (Å²) in [5.41, 5.74) is 1.68. The molecule has 3 aromatic carbocycles. The fraction of sp³-hybridized carbons (Fsp3) is 0.310. The summed E-state index contributed by atoms with van der Waals surface area (Å²) in [5.74, 6) is 1.17. The summed E-state index contributed by atoms with van der Waals surface area (Å²) in [7, 11) is -2.29. The van der Waals surface area contributed by atoms with E-state index in [2.05, 4.69) is 19.8 Å². The van der Waals surface area contributed by atoms with Crippen molar-refractivity contribution in [3.05, 3.63) is 72.3 Å². The summed E-state index contributed by atoms with van der Waals surface area (Å²) in [6, 6.07) is 18.6. The first kappa shape index (κ1) is 31.4. The monoisotopic (exact) mass is 631 g/mol. The van der Waals surface area contributed by atoms with Gasteiger partial charge in [0.15, 0.2) is 5.13 Å². The van der Waals surface area contributed by atoms with Crippen LogP contribution in [-0.2, 0) is 10.0 Å². The van der Waals surface area contributed by atoms with Gasteiger partial charge in [0.25, 0.3) is 15.9 Å². The number of fused-ring (bicyclic) bond motifs is 1. The Morgan fingerprint density at radius 2 is 1.74 bits per heavy atom. The van der Waals surface area contributed by atoms with E-state index in [1.165, 1.54) is 25.3 Å². The van der Waals surface area contributed by atoms with Crippen LogP contribution in [0.5, 0.6) is 11.5 Å². The summed E-state index contributed by atoms with van der Waals surface area (Å²) < 4.78 is 39.9. The number of nitrogens with zero attached hydrogens (tertiary/aromatic N) is 3. The van der Waals surface area contributed by atoms with Crippen LogP contribution in [-0.4, -0.2) is 77.2 Å². The van der Waals surface area contributed by atoms with E-state index in [1.54, 1.807) is 41.7 Å². The molecule has 0 radical (unpaired) electrons. The van der Waals surface area contributed by atoms with Crippen molar-refractivity contribution < 1.29 is 22.7 Å². The lowest BCUT2D eigenvalue weighted by Gasteiger charge is -2.34. The quantitative estimate of drug-likeness (QED) is 0.249. The van der Waals surface area contributed by atoms with E-state index in [0.717, 1.165) is 53.8 Å². The number of anilines is 2. The van der Waals surface area contributed by atoms with Crippen LogP contribution < -0.4 is 24.4 Å². The summed E-state index contributed by atoms with van der Waals surface area (Å²) in [6.45, 7) is 7.30. The molecular formula is C29H34ClN5O5S2. The van der Waals surface area contributed by atoms with Gasteiger partial charge in [0, 0.05) is 50.5 Å². The summed E-state index contributed by atoms with van der Waals surface area (Å²) >= 11 is 1.68. The minimum atomic E-state index is -3.81. The Morgan fingerprint density at radius 3 is 2.45 bits per heavy atom. The minimum Gasteiger partial charge on any atom is -0.497 e. The molecule has 1 saturated heterocycles. The number of hydrogen-bond acceptors (Lipinski definition) is 9. The van der Waals surface area contributed by atoms with Crippen molar-refractivity contribution in [3.63, 3.8) is 0 Å². The molecule has 1 aliphatic rings. The molecule has 42 heavy (non-hydrogen) atoms. The van der Waals surface area contributed by atoms with Crippen LogP contribution in [0.4, 0.5) is 10.8 Å². The van der Waals surface area contributed by atoms with Crippen LogP contribution in [0.25, 0.3) is 10.2 Å². The number of amides is 1. The Hall–Kier alpha value is -3.58. The number of hydrogen-bond donors (Lipinski definition) is 2. The second-order valence-electron chi connectivity index (χ2n) is 9.51. The molecule has 1 aliphatic heterocycles. The van der Waals surface area contributed by atoms with E-state index in [4.69, 9.17) is 14.5 Å². The van der Waals surface area contributed by atoms with Crippen molar-refractivity contribution in [1.82, 2.24) is 15.2 Å². The van der Waals surface area contributed by atoms with Gasteiger partial charge in [0.1, 0.15) is 11.5 Å². The maximum Gasteiger partial charge on any atom is 0.261 e. The van der Waals surface area contributed by atoms with E-state index in [-0.39, 0.29) is 23.2 Å². The lowest BCUT2D eigenvalue weighted by molar-refractivity contribution is 0.0947. The Bertz CT molecular complexity index is 1610. The van der Waals surface area contributed by atoms with E-state index >= 15 is 0 Å². The van der Waals surface area contributed by atoms with Crippen LogP contribution in [0.2, 0.25) is 0 Å². The van der Waals surface area contributed by atoms with Gasteiger partial charge < -0.3 is 19.7 Å². The lowest BCUT2D eigenvalue weighted by Crippen LogP contribution is -2.48. The summed E-state index contributed by atoms with van der Waals surface area (Å²) in [4.78, 5) is 22.3. The largest absolute Gasteiger partial charge is 0.497 e. The molecule has 2 N–H and O–H groups in total. The molecular weight excluding hydrogens is 598 g/mol. The highest BCUT2D eigenvalue weighted by Crippen LogP contribution is 2.32. The van der Waals surface area contributed by atoms with E-state index in [0.29, 0.717) is 30.2 Å². The molecule has 0 aliphatic carbocycles. The first-order chi connectivity index (χ1) is 19.8. The first-order valence-corrected chi connectivity index (χ1v) is 15.7. The zero-order valence-electron chi connectivity index (χ0n) is 23.4. The number of ether oxygens (including phenoxy) is 2. The number of benzene rings is 3. The zero-order chi connectivity index (χ0) is 28.8. The maximum absolute atomic E-state index is 12.8. The number of halogens is 1. The van der Waals surface area contributed by atoms with Crippen LogP contribution in [0.1, 0.15) is 17.3 Å². The molecule has 1 amide bonds. The number of aromatic nitrogens is 1. The molecule has 5 rings (SSSR count). The predicted molar refractivity (Wildman–Crippen MR) is 169 cm³/mol. The van der Waals surface area contributed by atoms with Gasteiger partial charge in [-0.25, -0.2) is 13.4 Å². The van der Waals surface area contributed by atoms with E-state index in [9.17, 15) is 13.2 Å². The van der Waals surface area contributed by atoms with E-state index < -0.39 is 10.0 Å². The Morgan fingerprint density at radius 1 is 1.00 bits per heavy atom. The number of carbonyl (C=O) groups excluding carboxylic acids is 1. The third-order valence-electron chi connectivity index (χ3n) is 6.76. The molecule has 10 nitrogen and oxygen atoms in total. The highest BCUT2D eigenvalue weighted by atomic mass is 35.5. The van der Waals surface area contributed by atoms with Gasteiger partial charge in [-0.3, -0.25) is 14.4 Å². The smallest absolute Gasteiger partial charge is 0.261 e. The predicted octanol–water partition coefficient (Wildman–Crippen LogP) is 4.48. The number of methoxy groups -OCH3 is 1. The molecule has 1 fully saturated rings. The molecule has 0 atom stereocenters. The highest BCUT2D eigenvalue weighted by Gasteiger charge is 2.20. The van der Waals surface area contributed by atoms with Crippen molar-refractivity contribution in [2.75, 3.05) is 62.6 Å². The Kier molecular flexibility index (Phi) is 10.5. The molecule has 0 bridgehead atoms. The summed E-state index contributed by atoms with van der Waals surface area (Å²) in [6.07, 6.45) is 0. The van der Waals surface area contributed by atoms with Crippen LogP contribution in [0.15, 0.2) is 71.6 Å². The van der Waals surface area contributed by atoms with Crippen molar-refractivity contribution >= 4 is 60.7 Å². The normalized spacial score (nSPS) is 13.8. The topological polar surface area (TPSA) is 113 Å². The second kappa shape index (κ2) is 14.1. The van der Waals surface area contributed by atoms with Gasteiger partial charge in [0.2, 0.25) is 0 Å². The lowest BCUT2D eigenvalue weighted by atomic mass is 10.2. The van der Waals surface area contributed by atoms with Crippen molar-refractivity contribution in [3.8, 4) is 11.5 Å². The highest BCUT2D eigenvalue weighted by molar-refractivity contribution is 7.92. The van der Waals surface area contributed by atoms with Crippen molar-refractivity contribution in [1.29, 1.82) is 0 Å². The number of nitrogens with one attached hydrogen (secondary N) is 2. The number of carbonyl (C=O) groups is 1. The maximum atomic E-state index is 12.8. The number of sulfonamides is 1. The van der Waals surface area contributed by atoms with E-state index in [1.807, 2.05) is 25.1 Å². The molecule has 224 valence electrons. The second-order valence-corrected chi connectivity index (χ2v) is 12.2. The van der Waals surface area contributed by atoms with Gasteiger partial charge in [0.05, 0.1) is 28.8 Å². The van der Waals surface area contributed by atoms with Crippen LogP contribution in [0, 0.1) is 0 Å². The summed E-state index contributed by atoms with van der Waals surface area (Å²) in [5, 5.41) is 3.97. The zero-order valence-corrected chi connectivity index (χ0v) is 25.9. The Balaban J connectivity index is 0.00000405. The molecule has 1 aromatic heterocycles. The van der Waals surface area contributed by atoms with Crippen LogP contribution in [0.3, 0.4) is 0 Å². The van der Waals surface area contributed by atoms with Crippen molar-refractivity contribution in [2.24, 2.45) is 0 Å². The number of piperazine rings is 1. The fourth-order valence-corrected chi connectivity index (χ4v) is 6.66. The average molecular weight is 632 g/mol.